The van der Waals surface area contributed by atoms with E-state index in [2.05, 4.69) is 6.92 Å². The van der Waals surface area contributed by atoms with Crippen LogP contribution in [-0.2, 0) is 4.79 Å². The van der Waals surface area contributed by atoms with Gasteiger partial charge in [0.25, 0.3) is 0 Å². The van der Waals surface area contributed by atoms with E-state index < -0.39 is 5.97 Å². The molecule has 0 unspecified atom stereocenters. The summed E-state index contributed by atoms with van der Waals surface area (Å²) in [6, 6.07) is -0.222. The van der Waals surface area contributed by atoms with Crippen LogP contribution < -0.4 is 5.73 Å². The molecule has 0 bridgehead atoms. The van der Waals surface area contributed by atoms with Gasteiger partial charge >= 0.3 is 5.97 Å². The molecule has 3 nitrogen and oxygen atoms in total. The molecule has 0 heterocycles. The molecular weight excluding hydrogens is 118 g/mol. The predicted molar refractivity (Wildman–Crippen MR) is 34.8 cm³/mol. The van der Waals surface area contributed by atoms with Crippen molar-refractivity contribution >= 4 is 5.97 Å². The fourth-order valence-electron chi connectivity index (χ4n) is 0.589. The van der Waals surface area contributed by atoms with E-state index in [-0.39, 0.29) is 12.5 Å². The SMILES string of the molecule is [CH2]CC[C@H](N)CC(=O)O. The molecule has 0 spiro atoms. The van der Waals surface area contributed by atoms with E-state index in [0.29, 0.717) is 12.8 Å². The Bertz CT molecular complexity index is 93.1. The second-order valence-corrected chi connectivity index (χ2v) is 2.00. The third-order valence-corrected chi connectivity index (χ3v) is 1.01. The Morgan fingerprint density at radius 3 is 2.67 bits per heavy atom. The van der Waals surface area contributed by atoms with Gasteiger partial charge in [-0.1, -0.05) is 13.3 Å². The largest absolute Gasteiger partial charge is 0.481 e. The van der Waals surface area contributed by atoms with Gasteiger partial charge in [0.2, 0.25) is 0 Å². The molecule has 0 aliphatic carbocycles. The highest BCUT2D eigenvalue weighted by molar-refractivity contribution is 5.67. The number of carbonyl (C=O) groups is 1. The molecule has 9 heavy (non-hydrogen) atoms. The van der Waals surface area contributed by atoms with Gasteiger partial charge in [-0.05, 0) is 6.42 Å². The van der Waals surface area contributed by atoms with Gasteiger partial charge in [-0.2, -0.15) is 0 Å². The van der Waals surface area contributed by atoms with Crippen molar-refractivity contribution in [3.8, 4) is 0 Å². The minimum absolute atomic E-state index is 0.0511. The Morgan fingerprint density at radius 2 is 2.33 bits per heavy atom. The van der Waals surface area contributed by atoms with Crippen LogP contribution in [0.1, 0.15) is 19.3 Å². The number of hydrogen-bond donors (Lipinski definition) is 2. The normalized spacial score (nSPS) is 13.1. The van der Waals surface area contributed by atoms with Gasteiger partial charge in [-0.3, -0.25) is 4.79 Å². The van der Waals surface area contributed by atoms with Gasteiger partial charge in [0.1, 0.15) is 0 Å². The zero-order valence-corrected chi connectivity index (χ0v) is 5.34. The van der Waals surface area contributed by atoms with Crippen LogP contribution in [0.5, 0.6) is 0 Å². The van der Waals surface area contributed by atoms with E-state index in [4.69, 9.17) is 10.8 Å². The third-order valence-electron chi connectivity index (χ3n) is 1.01. The van der Waals surface area contributed by atoms with Crippen molar-refractivity contribution in [1.82, 2.24) is 0 Å². The molecule has 0 aliphatic heterocycles. The van der Waals surface area contributed by atoms with Gasteiger partial charge in [0.05, 0.1) is 6.42 Å². The highest BCUT2D eigenvalue weighted by Crippen LogP contribution is 1.96. The number of nitrogens with two attached hydrogens (primary N) is 1. The molecule has 0 fully saturated rings. The maximum Gasteiger partial charge on any atom is 0.304 e. The molecule has 0 rings (SSSR count). The lowest BCUT2D eigenvalue weighted by atomic mass is 10.1. The monoisotopic (exact) mass is 130 g/mol. The van der Waals surface area contributed by atoms with Gasteiger partial charge in [0.15, 0.2) is 0 Å². The van der Waals surface area contributed by atoms with Gasteiger partial charge in [-0.25, -0.2) is 0 Å². The molecule has 0 aromatic rings. The van der Waals surface area contributed by atoms with Crippen molar-refractivity contribution in [1.29, 1.82) is 0 Å². The fraction of sp³-hybridized carbons (Fsp3) is 0.667. The standard InChI is InChI=1S/C6H12NO2/c1-2-3-5(7)4-6(8)9/h5H,1-4,7H2,(H,8,9)/t5-/m0/s1. The second kappa shape index (κ2) is 4.32. The Hall–Kier alpha value is -0.570. The summed E-state index contributed by atoms with van der Waals surface area (Å²) in [6.07, 6.45) is 1.44. The Balaban J connectivity index is 3.26. The summed E-state index contributed by atoms with van der Waals surface area (Å²) >= 11 is 0. The molecule has 53 valence electrons. The van der Waals surface area contributed by atoms with Crippen molar-refractivity contribution in [2.24, 2.45) is 5.73 Å². The molecule has 0 saturated heterocycles. The first-order chi connectivity index (χ1) is 4.16. The first-order valence-electron chi connectivity index (χ1n) is 2.93. The lowest BCUT2D eigenvalue weighted by Gasteiger charge is -2.04. The third kappa shape index (κ3) is 5.30. The average molecular weight is 130 g/mol. The molecular formula is C6H12NO2. The average Bonchev–Trinajstić information content (AvgIpc) is 1.63. The summed E-state index contributed by atoms with van der Waals surface area (Å²) in [5.41, 5.74) is 5.36. The van der Waals surface area contributed by atoms with Crippen LogP contribution in [0, 0.1) is 6.92 Å². The summed E-state index contributed by atoms with van der Waals surface area (Å²) in [7, 11) is 0. The van der Waals surface area contributed by atoms with Crippen LogP contribution in [0.2, 0.25) is 0 Å². The Morgan fingerprint density at radius 1 is 1.78 bits per heavy atom. The maximum atomic E-state index is 9.98. The summed E-state index contributed by atoms with van der Waals surface area (Å²) in [4.78, 5) is 9.98. The molecule has 0 aliphatic rings. The first-order valence-corrected chi connectivity index (χ1v) is 2.93. The van der Waals surface area contributed by atoms with Crippen molar-refractivity contribution in [3.05, 3.63) is 6.92 Å². The predicted octanol–water partition coefficient (Wildman–Crippen LogP) is 0.403. The van der Waals surface area contributed by atoms with Gasteiger partial charge < -0.3 is 10.8 Å². The maximum absolute atomic E-state index is 9.98. The molecule has 0 amide bonds. The Labute approximate surface area is 54.9 Å². The molecule has 3 heteroatoms. The minimum Gasteiger partial charge on any atom is -0.481 e. The van der Waals surface area contributed by atoms with Crippen LogP contribution in [0.25, 0.3) is 0 Å². The smallest absolute Gasteiger partial charge is 0.304 e. The summed E-state index contributed by atoms with van der Waals surface area (Å²) in [5, 5.41) is 8.21. The molecule has 1 atom stereocenters. The molecule has 0 aromatic carbocycles. The summed E-state index contributed by atoms with van der Waals surface area (Å²) in [6.45, 7) is 3.56. The van der Waals surface area contributed by atoms with E-state index in [9.17, 15) is 4.79 Å². The molecule has 1 radical (unpaired) electrons. The number of carboxylic acid groups (broad SMARTS) is 1. The van der Waals surface area contributed by atoms with E-state index in [1.807, 2.05) is 0 Å². The van der Waals surface area contributed by atoms with E-state index in [0.717, 1.165) is 0 Å². The van der Waals surface area contributed by atoms with Crippen molar-refractivity contribution < 1.29 is 9.90 Å². The number of hydrogen-bond acceptors (Lipinski definition) is 2. The van der Waals surface area contributed by atoms with Crippen LogP contribution in [0.15, 0.2) is 0 Å². The summed E-state index contributed by atoms with van der Waals surface area (Å²) in [5.74, 6) is -0.837. The van der Waals surface area contributed by atoms with Crippen LogP contribution in [0.4, 0.5) is 0 Å². The van der Waals surface area contributed by atoms with Crippen molar-refractivity contribution in [2.45, 2.75) is 25.3 Å². The van der Waals surface area contributed by atoms with E-state index >= 15 is 0 Å². The zero-order valence-electron chi connectivity index (χ0n) is 5.34. The molecule has 0 saturated carbocycles. The van der Waals surface area contributed by atoms with Gasteiger partial charge in [-0.15, -0.1) is 0 Å². The molecule has 3 N–H and O–H groups in total. The van der Waals surface area contributed by atoms with Crippen LogP contribution in [-0.4, -0.2) is 17.1 Å². The summed E-state index contributed by atoms with van der Waals surface area (Å²) < 4.78 is 0. The zero-order chi connectivity index (χ0) is 7.28. The van der Waals surface area contributed by atoms with Gasteiger partial charge in [0, 0.05) is 6.04 Å². The topological polar surface area (TPSA) is 63.3 Å². The fourth-order valence-corrected chi connectivity index (χ4v) is 0.589. The number of carboxylic acids is 1. The lowest BCUT2D eigenvalue weighted by molar-refractivity contribution is -0.137. The van der Waals surface area contributed by atoms with E-state index in [1.165, 1.54) is 0 Å². The number of aliphatic carboxylic acids is 1. The van der Waals surface area contributed by atoms with E-state index in [1.54, 1.807) is 0 Å². The first kappa shape index (κ1) is 8.43. The highest BCUT2D eigenvalue weighted by atomic mass is 16.4. The quantitative estimate of drug-likeness (QED) is 0.579. The van der Waals surface area contributed by atoms with Crippen molar-refractivity contribution in [3.63, 3.8) is 0 Å². The minimum atomic E-state index is -0.837. The van der Waals surface area contributed by atoms with Crippen LogP contribution >= 0.6 is 0 Å². The molecule has 0 aromatic heterocycles. The lowest BCUT2D eigenvalue weighted by Crippen LogP contribution is -2.23. The van der Waals surface area contributed by atoms with Crippen molar-refractivity contribution in [2.75, 3.05) is 0 Å². The van der Waals surface area contributed by atoms with Crippen LogP contribution in [0.3, 0.4) is 0 Å². The highest BCUT2D eigenvalue weighted by Gasteiger charge is 2.04. The Kier molecular flexibility index (Phi) is 4.05. The number of rotatable bonds is 4. The second-order valence-electron chi connectivity index (χ2n) is 2.00.